The lowest BCUT2D eigenvalue weighted by atomic mass is 9.97. The van der Waals surface area contributed by atoms with Crippen LogP contribution in [0.3, 0.4) is 0 Å². The second-order valence-electron chi connectivity index (χ2n) is 6.75. The van der Waals surface area contributed by atoms with Crippen molar-refractivity contribution in [2.24, 2.45) is 0 Å². The number of nitrogens with zero attached hydrogens (tertiary/aromatic N) is 1. The number of carbonyl (C=O) groups excluding carboxylic acids is 2. The molecule has 0 saturated carbocycles. The van der Waals surface area contributed by atoms with E-state index in [1.54, 1.807) is 36.4 Å². The van der Waals surface area contributed by atoms with Gasteiger partial charge in [0.2, 0.25) is 0 Å². The molecule has 3 aromatic rings. The zero-order valence-electron chi connectivity index (χ0n) is 16.0. The van der Waals surface area contributed by atoms with Crippen molar-refractivity contribution in [1.29, 1.82) is 0 Å². The van der Waals surface area contributed by atoms with Gasteiger partial charge in [-0.3, -0.25) is 14.2 Å². The summed E-state index contributed by atoms with van der Waals surface area (Å²) in [6.07, 6.45) is 1.00. The van der Waals surface area contributed by atoms with Crippen LogP contribution in [0.15, 0.2) is 57.7 Å². The molecule has 1 aromatic heterocycles. The van der Waals surface area contributed by atoms with E-state index in [9.17, 15) is 14.4 Å². The van der Waals surface area contributed by atoms with Crippen LogP contribution in [0, 0.1) is 0 Å². The number of aryl methyl sites for hydroxylation is 1. The van der Waals surface area contributed by atoms with Crippen molar-refractivity contribution in [3.63, 3.8) is 0 Å². The Morgan fingerprint density at radius 1 is 1.11 bits per heavy atom. The second-order valence-corrected chi connectivity index (χ2v) is 6.75. The van der Waals surface area contributed by atoms with E-state index in [1.807, 2.05) is 12.1 Å². The Hall–Kier alpha value is -3.15. The number of ether oxygens (including phenoxy) is 1. The summed E-state index contributed by atoms with van der Waals surface area (Å²) in [4.78, 5) is 36.1. The van der Waals surface area contributed by atoms with Gasteiger partial charge in [-0.05, 0) is 30.0 Å². The first-order chi connectivity index (χ1) is 13.5. The van der Waals surface area contributed by atoms with E-state index >= 15 is 0 Å². The van der Waals surface area contributed by atoms with E-state index in [4.69, 9.17) is 9.15 Å². The maximum atomic E-state index is 12.2. The van der Waals surface area contributed by atoms with E-state index in [0.29, 0.717) is 22.6 Å². The molecule has 6 heteroatoms. The predicted octanol–water partition coefficient (Wildman–Crippen LogP) is 3.92. The van der Waals surface area contributed by atoms with Crippen LogP contribution in [-0.2, 0) is 16.1 Å². The zero-order chi connectivity index (χ0) is 20.1. The topological polar surface area (TPSA) is 78.5 Å². The van der Waals surface area contributed by atoms with Crippen molar-refractivity contribution in [2.45, 2.75) is 39.2 Å². The lowest BCUT2D eigenvalue weighted by Crippen LogP contribution is -2.19. The third-order valence-corrected chi connectivity index (χ3v) is 4.89. The average molecular weight is 381 g/mol. The lowest BCUT2D eigenvalue weighted by Gasteiger charge is -2.09. The van der Waals surface area contributed by atoms with Gasteiger partial charge in [0.25, 0.3) is 0 Å². The number of rotatable bonds is 8. The summed E-state index contributed by atoms with van der Waals surface area (Å²) in [6, 6.07) is 14.4. The molecule has 0 N–H and O–H groups in total. The molecule has 0 aliphatic heterocycles. The minimum Gasteiger partial charge on any atom is -0.457 e. The van der Waals surface area contributed by atoms with Gasteiger partial charge < -0.3 is 9.15 Å². The Morgan fingerprint density at radius 2 is 1.82 bits per heavy atom. The fourth-order valence-electron chi connectivity index (χ4n) is 2.96. The number of Topliss-reactive ketones (excluding diaryl/α,β-unsaturated/α-hetero) is 1. The Morgan fingerprint density at radius 3 is 2.54 bits per heavy atom. The molecule has 0 unspecified atom stereocenters. The molecule has 3 rings (SSSR count). The molecule has 1 heterocycles. The van der Waals surface area contributed by atoms with Crippen LogP contribution >= 0.6 is 0 Å². The molecule has 28 heavy (non-hydrogen) atoms. The van der Waals surface area contributed by atoms with E-state index in [0.717, 1.165) is 6.42 Å². The molecule has 0 spiro atoms. The first kappa shape index (κ1) is 19.6. The Kier molecular flexibility index (Phi) is 6.09. The zero-order valence-corrected chi connectivity index (χ0v) is 16.0. The van der Waals surface area contributed by atoms with Gasteiger partial charge in [-0.1, -0.05) is 50.2 Å². The molecule has 146 valence electrons. The van der Waals surface area contributed by atoms with Crippen molar-refractivity contribution < 1.29 is 18.7 Å². The quantitative estimate of drug-likeness (QED) is 0.436. The normalized spacial score (nSPS) is 12.1. The Balaban J connectivity index is 1.53. The first-order valence-electron chi connectivity index (χ1n) is 9.36. The third-order valence-electron chi connectivity index (χ3n) is 4.89. The van der Waals surface area contributed by atoms with Gasteiger partial charge in [-0.25, -0.2) is 4.79 Å². The van der Waals surface area contributed by atoms with Gasteiger partial charge in [-0.2, -0.15) is 0 Å². The SMILES string of the molecule is CC[C@@H](C)c1ccc(C(=O)COC(=O)CCn2c(=O)oc3ccccc32)cc1. The monoisotopic (exact) mass is 381 g/mol. The molecular weight excluding hydrogens is 358 g/mol. The van der Waals surface area contributed by atoms with Gasteiger partial charge in [0.15, 0.2) is 18.0 Å². The number of hydrogen-bond acceptors (Lipinski definition) is 5. The van der Waals surface area contributed by atoms with Gasteiger partial charge in [0.1, 0.15) is 0 Å². The number of carbonyl (C=O) groups is 2. The van der Waals surface area contributed by atoms with Crippen LogP contribution in [0.25, 0.3) is 11.1 Å². The third kappa shape index (κ3) is 4.39. The summed E-state index contributed by atoms with van der Waals surface area (Å²) in [5.41, 5.74) is 2.78. The van der Waals surface area contributed by atoms with Crippen LogP contribution in [0.1, 0.15) is 48.5 Å². The minimum absolute atomic E-state index is 0.0241. The minimum atomic E-state index is -0.540. The van der Waals surface area contributed by atoms with E-state index in [2.05, 4.69) is 13.8 Å². The molecule has 0 saturated heterocycles. The molecule has 0 bridgehead atoms. The van der Waals surface area contributed by atoms with Crippen molar-refractivity contribution in [3.8, 4) is 0 Å². The van der Waals surface area contributed by atoms with E-state index < -0.39 is 11.7 Å². The van der Waals surface area contributed by atoms with Gasteiger partial charge >= 0.3 is 11.7 Å². The number of oxazole rings is 1. The van der Waals surface area contributed by atoms with E-state index in [-0.39, 0.29) is 25.4 Å². The Labute approximate surface area is 162 Å². The van der Waals surface area contributed by atoms with Crippen molar-refractivity contribution >= 4 is 22.9 Å². The highest BCUT2D eigenvalue weighted by atomic mass is 16.5. The van der Waals surface area contributed by atoms with Crippen molar-refractivity contribution in [3.05, 3.63) is 70.2 Å². The van der Waals surface area contributed by atoms with Crippen LogP contribution in [0.2, 0.25) is 0 Å². The maximum Gasteiger partial charge on any atom is 0.419 e. The van der Waals surface area contributed by atoms with Gasteiger partial charge in [-0.15, -0.1) is 0 Å². The number of ketones is 1. The molecular formula is C22H23NO5. The standard InChI is InChI=1S/C22H23NO5/c1-3-15(2)16-8-10-17(11-9-16)19(24)14-27-21(25)12-13-23-18-6-4-5-7-20(18)28-22(23)26/h4-11,15H,3,12-14H2,1-2H3/t15-/m1/s1. The highest BCUT2D eigenvalue weighted by molar-refractivity contribution is 5.98. The number of fused-ring (bicyclic) bond motifs is 1. The first-order valence-corrected chi connectivity index (χ1v) is 9.36. The number of esters is 1. The Bertz CT molecular complexity index is 1030. The fraction of sp³-hybridized carbons (Fsp3) is 0.318. The molecule has 0 aliphatic rings. The highest BCUT2D eigenvalue weighted by Gasteiger charge is 2.13. The second kappa shape index (κ2) is 8.69. The summed E-state index contributed by atoms with van der Waals surface area (Å²) >= 11 is 0. The average Bonchev–Trinajstić information content (AvgIpc) is 3.04. The highest BCUT2D eigenvalue weighted by Crippen LogP contribution is 2.19. The molecule has 0 radical (unpaired) electrons. The number of aromatic nitrogens is 1. The van der Waals surface area contributed by atoms with Crippen molar-refractivity contribution in [2.75, 3.05) is 6.61 Å². The molecule has 2 aromatic carbocycles. The van der Waals surface area contributed by atoms with Gasteiger partial charge in [0.05, 0.1) is 11.9 Å². The smallest absolute Gasteiger partial charge is 0.419 e. The largest absolute Gasteiger partial charge is 0.457 e. The summed E-state index contributed by atoms with van der Waals surface area (Å²) < 4.78 is 11.6. The van der Waals surface area contributed by atoms with Crippen LogP contribution < -0.4 is 5.76 Å². The number of hydrogen-bond donors (Lipinski definition) is 0. The van der Waals surface area contributed by atoms with E-state index in [1.165, 1.54) is 10.1 Å². The summed E-state index contributed by atoms with van der Waals surface area (Å²) in [6.45, 7) is 4.06. The maximum absolute atomic E-state index is 12.2. The van der Waals surface area contributed by atoms with Crippen molar-refractivity contribution in [1.82, 2.24) is 4.57 Å². The molecule has 0 fully saturated rings. The van der Waals surface area contributed by atoms with Gasteiger partial charge in [0, 0.05) is 12.1 Å². The molecule has 0 amide bonds. The van der Waals surface area contributed by atoms with Crippen LogP contribution in [-0.4, -0.2) is 22.9 Å². The number of para-hydroxylation sites is 2. The summed E-state index contributed by atoms with van der Waals surface area (Å²) in [7, 11) is 0. The molecule has 0 aliphatic carbocycles. The molecule has 1 atom stereocenters. The predicted molar refractivity (Wildman–Crippen MR) is 106 cm³/mol. The summed E-state index contributed by atoms with van der Waals surface area (Å²) in [5, 5.41) is 0. The lowest BCUT2D eigenvalue weighted by molar-refractivity contribution is -0.142. The van der Waals surface area contributed by atoms with Crippen LogP contribution in [0.5, 0.6) is 0 Å². The number of benzene rings is 2. The van der Waals surface area contributed by atoms with Crippen LogP contribution in [0.4, 0.5) is 0 Å². The molecule has 6 nitrogen and oxygen atoms in total. The summed E-state index contributed by atoms with van der Waals surface area (Å²) in [5.74, 6) is -0.882. The fourth-order valence-corrected chi connectivity index (χ4v) is 2.96.